The number of benzene rings is 1. The topological polar surface area (TPSA) is 66.4 Å². The molecule has 4 nitrogen and oxygen atoms in total. The van der Waals surface area contributed by atoms with E-state index < -0.39 is 47.0 Å². The predicted octanol–water partition coefficient (Wildman–Crippen LogP) is 3.07. The fraction of sp³-hybridized carbons (Fsp3) is 0.429. The highest BCUT2D eigenvalue weighted by molar-refractivity contribution is 5.97. The van der Waals surface area contributed by atoms with E-state index in [0.29, 0.717) is 12.5 Å². The van der Waals surface area contributed by atoms with Gasteiger partial charge in [-0.3, -0.25) is 4.79 Å². The standard InChI is InChI=1S/C14H15F4NO3/c1-3-7(2)11(13(21)22)19-12(20)8-5-4-6-9(10(8)15)14(16,17)18/h4-7,11H,3H2,1-2H3,(H,19,20)(H,21,22)/t7-,11-/m0/s1. The Morgan fingerprint density at radius 2 is 1.91 bits per heavy atom. The molecule has 2 atom stereocenters. The van der Waals surface area contributed by atoms with Crippen molar-refractivity contribution in [3.63, 3.8) is 0 Å². The molecule has 0 aliphatic rings. The Morgan fingerprint density at radius 3 is 2.36 bits per heavy atom. The van der Waals surface area contributed by atoms with Crippen molar-refractivity contribution in [1.82, 2.24) is 5.32 Å². The van der Waals surface area contributed by atoms with E-state index in [1.165, 1.54) is 0 Å². The average molecular weight is 321 g/mol. The molecule has 122 valence electrons. The minimum atomic E-state index is -4.94. The number of rotatable bonds is 5. The molecule has 0 fully saturated rings. The number of carboxylic acid groups (broad SMARTS) is 1. The van der Waals surface area contributed by atoms with Crippen LogP contribution in [-0.2, 0) is 11.0 Å². The van der Waals surface area contributed by atoms with Gasteiger partial charge in [0, 0.05) is 0 Å². The molecule has 0 saturated carbocycles. The van der Waals surface area contributed by atoms with Gasteiger partial charge < -0.3 is 10.4 Å². The van der Waals surface area contributed by atoms with Gasteiger partial charge in [0.25, 0.3) is 5.91 Å². The minimum absolute atomic E-state index is 0.419. The minimum Gasteiger partial charge on any atom is -0.480 e. The molecule has 22 heavy (non-hydrogen) atoms. The van der Waals surface area contributed by atoms with Crippen LogP contribution in [0.5, 0.6) is 0 Å². The summed E-state index contributed by atoms with van der Waals surface area (Å²) >= 11 is 0. The van der Waals surface area contributed by atoms with Gasteiger partial charge in [0.05, 0.1) is 11.1 Å². The zero-order valence-corrected chi connectivity index (χ0v) is 11.9. The highest BCUT2D eigenvalue weighted by atomic mass is 19.4. The van der Waals surface area contributed by atoms with Crippen LogP contribution in [0.1, 0.15) is 36.2 Å². The summed E-state index contributed by atoms with van der Waals surface area (Å²) in [7, 11) is 0. The van der Waals surface area contributed by atoms with Crippen LogP contribution in [0, 0.1) is 11.7 Å². The lowest BCUT2D eigenvalue weighted by molar-refractivity contribution is -0.141. The first-order chi connectivity index (χ1) is 10.1. The van der Waals surface area contributed by atoms with Gasteiger partial charge in [0.1, 0.15) is 11.9 Å². The Morgan fingerprint density at radius 1 is 1.32 bits per heavy atom. The van der Waals surface area contributed by atoms with Crippen molar-refractivity contribution in [3.8, 4) is 0 Å². The Kier molecular flexibility index (Phi) is 5.51. The van der Waals surface area contributed by atoms with Gasteiger partial charge in [-0.15, -0.1) is 0 Å². The summed E-state index contributed by atoms with van der Waals surface area (Å²) < 4.78 is 51.6. The third-order valence-corrected chi connectivity index (χ3v) is 3.31. The van der Waals surface area contributed by atoms with Crippen molar-refractivity contribution in [1.29, 1.82) is 0 Å². The molecule has 1 aromatic carbocycles. The SMILES string of the molecule is CC[C@H](C)[C@H](NC(=O)c1cccc(C(F)(F)F)c1F)C(=O)O. The Bertz CT molecular complexity index is 572. The molecular weight excluding hydrogens is 306 g/mol. The number of alkyl halides is 3. The monoisotopic (exact) mass is 321 g/mol. The molecule has 2 N–H and O–H groups in total. The van der Waals surface area contributed by atoms with E-state index in [-0.39, 0.29) is 0 Å². The Labute approximate surface area is 124 Å². The Balaban J connectivity index is 3.11. The summed E-state index contributed by atoms with van der Waals surface area (Å²) in [5.74, 6) is -4.72. The molecule has 0 saturated heterocycles. The quantitative estimate of drug-likeness (QED) is 0.819. The average Bonchev–Trinajstić information content (AvgIpc) is 2.42. The van der Waals surface area contributed by atoms with Crippen molar-refractivity contribution in [3.05, 3.63) is 35.1 Å². The van der Waals surface area contributed by atoms with Gasteiger partial charge in [-0.05, 0) is 18.1 Å². The molecule has 0 heterocycles. The summed E-state index contributed by atoms with van der Waals surface area (Å²) in [6.07, 6.45) is -4.52. The lowest BCUT2D eigenvalue weighted by Crippen LogP contribution is -2.45. The second-order valence-electron chi connectivity index (χ2n) is 4.84. The number of nitrogens with one attached hydrogen (secondary N) is 1. The number of carboxylic acids is 1. The maximum atomic E-state index is 13.8. The summed E-state index contributed by atoms with van der Waals surface area (Å²) in [6, 6.07) is 0.955. The van der Waals surface area contributed by atoms with E-state index in [1.54, 1.807) is 13.8 Å². The molecule has 0 aliphatic heterocycles. The third-order valence-electron chi connectivity index (χ3n) is 3.31. The molecule has 8 heteroatoms. The molecule has 0 unspecified atom stereocenters. The summed E-state index contributed by atoms with van der Waals surface area (Å²) in [6.45, 7) is 3.25. The first-order valence-corrected chi connectivity index (χ1v) is 6.49. The van der Waals surface area contributed by atoms with Crippen molar-refractivity contribution >= 4 is 11.9 Å². The Hall–Kier alpha value is -2.12. The molecular formula is C14H15F4NO3. The fourth-order valence-corrected chi connectivity index (χ4v) is 1.83. The lowest BCUT2D eigenvalue weighted by atomic mass is 9.98. The van der Waals surface area contributed by atoms with E-state index in [4.69, 9.17) is 5.11 Å². The fourth-order valence-electron chi connectivity index (χ4n) is 1.83. The van der Waals surface area contributed by atoms with Gasteiger partial charge in [-0.1, -0.05) is 26.3 Å². The van der Waals surface area contributed by atoms with E-state index in [0.717, 1.165) is 12.1 Å². The van der Waals surface area contributed by atoms with E-state index in [1.807, 2.05) is 0 Å². The molecule has 0 aromatic heterocycles. The van der Waals surface area contributed by atoms with Crippen LogP contribution in [0.15, 0.2) is 18.2 Å². The lowest BCUT2D eigenvalue weighted by Gasteiger charge is -2.20. The van der Waals surface area contributed by atoms with Gasteiger partial charge in [0.15, 0.2) is 0 Å². The van der Waals surface area contributed by atoms with Crippen molar-refractivity contribution in [2.75, 3.05) is 0 Å². The zero-order chi connectivity index (χ0) is 17.1. The largest absolute Gasteiger partial charge is 0.480 e. The number of halogens is 4. The number of hydrogen-bond donors (Lipinski definition) is 2. The number of carbonyl (C=O) groups excluding carboxylic acids is 1. The predicted molar refractivity (Wildman–Crippen MR) is 69.7 cm³/mol. The first-order valence-electron chi connectivity index (χ1n) is 6.49. The van der Waals surface area contributed by atoms with Crippen LogP contribution < -0.4 is 5.32 Å². The normalized spacial score (nSPS) is 14.3. The second kappa shape index (κ2) is 6.76. The summed E-state index contributed by atoms with van der Waals surface area (Å²) in [4.78, 5) is 23.0. The van der Waals surface area contributed by atoms with Gasteiger partial charge in [-0.2, -0.15) is 13.2 Å². The second-order valence-corrected chi connectivity index (χ2v) is 4.84. The van der Waals surface area contributed by atoms with Crippen LogP contribution in [0.2, 0.25) is 0 Å². The highest BCUT2D eigenvalue weighted by Gasteiger charge is 2.36. The molecule has 0 radical (unpaired) electrons. The molecule has 1 amide bonds. The van der Waals surface area contributed by atoms with Crippen LogP contribution >= 0.6 is 0 Å². The first kappa shape index (κ1) is 17.9. The summed E-state index contributed by atoms with van der Waals surface area (Å²) in [5, 5.41) is 11.1. The number of aliphatic carboxylic acids is 1. The van der Waals surface area contributed by atoms with Gasteiger partial charge in [-0.25, -0.2) is 9.18 Å². The molecule has 0 bridgehead atoms. The van der Waals surface area contributed by atoms with Crippen LogP contribution in [0.25, 0.3) is 0 Å². The zero-order valence-electron chi connectivity index (χ0n) is 11.9. The van der Waals surface area contributed by atoms with Crippen molar-refractivity contribution in [2.45, 2.75) is 32.5 Å². The maximum absolute atomic E-state index is 13.8. The molecule has 0 aliphatic carbocycles. The van der Waals surface area contributed by atoms with Crippen molar-refractivity contribution in [2.24, 2.45) is 5.92 Å². The van der Waals surface area contributed by atoms with E-state index in [9.17, 15) is 27.2 Å². The molecule has 1 rings (SSSR count). The highest BCUT2D eigenvalue weighted by Crippen LogP contribution is 2.32. The van der Waals surface area contributed by atoms with Gasteiger partial charge >= 0.3 is 12.1 Å². The van der Waals surface area contributed by atoms with Crippen LogP contribution in [0.3, 0.4) is 0 Å². The third kappa shape index (κ3) is 3.96. The van der Waals surface area contributed by atoms with Gasteiger partial charge in [0.2, 0.25) is 0 Å². The molecule has 1 aromatic rings. The van der Waals surface area contributed by atoms with Crippen LogP contribution in [0.4, 0.5) is 17.6 Å². The number of amides is 1. The van der Waals surface area contributed by atoms with E-state index >= 15 is 0 Å². The number of carbonyl (C=O) groups is 2. The molecule has 0 spiro atoms. The number of hydrogen-bond acceptors (Lipinski definition) is 2. The van der Waals surface area contributed by atoms with Crippen molar-refractivity contribution < 1.29 is 32.3 Å². The summed E-state index contributed by atoms with van der Waals surface area (Å²) in [5.41, 5.74) is -2.42. The smallest absolute Gasteiger partial charge is 0.419 e. The maximum Gasteiger partial charge on any atom is 0.419 e. The van der Waals surface area contributed by atoms with E-state index in [2.05, 4.69) is 5.32 Å². The van der Waals surface area contributed by atoms with Crippen LogP contribution in [-0.4, -0.2) is 23.0 Å².